The van der Waals surface area contributed by atoms with Crippen LogP contribution in [0.2, 0.25) is 0 Å². The number of thiophene rings is 1. The highest BCUT2D eigenvalue weighted by Gasteiger charge is 2.40. The molecule has 172 valence electrons. The first-order valence-electron chi connectivity index (χ1n) is 11.6. The molecule has 1 fully saturated rings. The van der Waals surface area contributed by atoms with E-state index in [9.17, 15) is 9.59 Å². The third-order valence-electron chi connectivity index (χ3n) is 7.02. The number of morpholine rings is 1. The van der Waals surface area contributed by atoms with Crippen molar-refractivity contribution in [2.45, 2.75) is 31.3 Å². The van der Waals surface area contributed by atoms with Gasteiger partial charge in [0.15, 0.2) is 5.78 Å². The summed E-state index contributed by atoms with van der Waals surface area (Å²) in [5.41, 5.74) is 6.03. The molecule has 2 aliphatic heterocycles. The zero-order chi connectivity index (χ0) is 23.2. The van der Waals surface area contributed by atoms with Crippen molar-refractivity contribution in [2.75, 3.05) is 19.8 Å². The number of hydrogen-bond donors (Lipinski definition) is 0. The number of carbonyl (C=O) groups is 2. The van der Waals surface area contributed by atoms with E-state index in [4.69, 9.17) is 9.47 Å². The summed E-state index contributed by atoms with van der Waals surface area (Å²) in [4.78, 5) is 28.7. The van der Waals surface area contributed by atoms with Gasteiger partial charge in [0.2, 0.25) is 0 Å². The van der Waals surface area contributed by atoms with Gasteiger partial charge in [0, 0.05) is 10.8 Å². The molecule has 0 radical (unpaired) electrons. The Morgan fingerprint density at radius 2 is 1.71 bits per heavy atom. The minimum atomic E-state index is -0.286. The van der Waals surface area contributed by atoms with Crippen LogP contribution in [-0.2, 0) is 9.47 Å². The van der Waals surface area contributed by atoms with Crippen LogP contribution in [0.5, 0.6) is 0 Å². The third-order valence-corrected chi connectivity index (χ3v) is 8.28. The summed E-state index contributed by atoms with van der Waals surface area (Å²) < 4.78 is 11.7. The summed E-state index contributed by atoms with van der Waals surface area (Å²) in [5, 5.41) is 0. The molecule has 2 unspecified atom stereocenters. The summed E-state index contributed by atoms with van der Waals surface area (Å²) >= 11 is 1.52. The first-order valence-corrected chi connectivity index (χ1v) is 12.4. The van der Waals surface area contributed by atoms with Crippen LogP contribution in [0.25, 0.3) is 16.7 Å². The summed E-state index contributed by atoms with van der Waals surface area (Å²) in [6.45, 7) is 2.84. The Hall–Kier alpha value is -3.22. The van der Waals surface area contributed by atoms with Crippen molar-refractivity contribution in [3.05, 3.63) is 87.6 Å². The molecule has 3 aromatic rings. The minimum Gasteiger partial charge on any atom is -0.448 e. The number of fused-ring (bicyclic) bond motifs is 5. The molecule has 6 heteroatoms. The Morgan fingerprint density at radius 1 is 1.00 bits per heavy atom. The van der Waals surface area contributed by atoms with Crippen LogP contribution in [0.1, 0.15) is 44.9 Å². The molecule has 2 atom stereocenters. The number of benzene rings is 2. The molecular weight excluding hydrogens is 446 g/mol. The molecule has 0 N–H and O–H groups in total. The summed E-state index contributed by atoms with van der Waals surface area (Å²) in [7, 11) is 0. The van der Waals surface area contributed by atoms with Crippen LogP contribution in [0.3, 0.4) is 0 Å². The molecule has 0 saturated carbocycles. The number of ketones is 1. The van der Waals surface area contributed by atoms with Gasteiger partial charge >= 0.3 is 6.09 Å². The van der Waals surface area contributed by atoms with E-state index in [0.29, 0.717) is 26.2 Å². The number of nitrogens with zero attached hydrogens (tertiary/aromatic N) is 1. The van der Waals surface area contributed by atoms with E-state index >= 15 is 0 Å². The lowest BCUT2D eigenvalue weighted by Gasteiger charge is -2.43. The van der Waals surface area contributed by atoms with E-state index in [1.807, 2.05) is 29.2 Å². The number of carbonyl (C=O) groups excluding carboxylic acids is 2. The molecule has 3 aliphatic rings. The van der Waals surface area contributed by atoms with Crippen molar-refractivity contribution in [2.24, 2.45) is 0 Å². The highest BCUT2D eigenvalue weighted by molar-refractivity contribution is 7.15. The van der Waals surface area contributed by atoms with Crippen LogP contribution in [0.4, 0.5) is 4.79 Å². The van der Waals surface area contributed by atoms with Crippen molar-refractivity contribution in [1.29, 1.82) is 0 Å². The van der Waals surface area contributed by atoms with Crippen LogP contribution >= 0.6 is 11.3 Å². The Balaban J connectivity index is 1.21. The second kappa shape index (κ2) is 8.53. The van der Waals surface area contributed by atoms with E-state index in [1.54, 1.807) is 6.92 Å². The van der Waals surface area contributed by atoms with Crippen molar-refractivity contribution >= 4 is 28.8 Å². The second-order valence-corrected chi connectivity index (χ2v) is 10.2. The fourth-order valence-electron chi connectivity index (χ4n) is 5.43. The molecule has 1 amide bonds. The van der Waals surface area contributed by atoms with Crippen molar-refractivity contribution in [1.82, 2.24) is 4.90 Å². The Morgan fingerprint density at radius 3 is 2.35 bits per heavy atom. The lowest BCUT2D eigenvalue weighted by atomic mass is 9.93. The maximum atomic E-state index is 13.3. The molecule has 0 spiro atoms. The standard InChI is InChI=1S/C28H25NO4S/c1-17(30)26-10-11-27(34-26)18-12-19-14-32-15-20(13-18)29(19)28(31)33-16-25-23-8-4-2-6-21(23)22-7-3-5-9-24(22)25/h2-12,19-20,25H,13-16H2,1H3. The molecule has 3 heterocycles. The first kappa shape index (κ1) is 21.3. The highest BCUT2D eigenvalue weighted by Crippen LogP contribution is 2.45. The minimum absolute atomic E-state index is 0.0412. The molecule has 34 heavy (non-hydrogen) atoms. The monoisotopic (exact) mass is 471 g/mol. The van der Waals surface area contributed by atoms with E-state index in [0.717, 1.165) is 9.75 Å². The predicted molar refractivity (Wildman–Crippen MR) is 132 cm³/mol. The third kappa shape index (κ3) is 3.58. The van der Waals surface area contributed by atoms with Gasteiger partial charge in [-0.2, -0.15) is 0 Å². The van der Waals surface area contributed by atoms with Gasteiger partial charge in [0.1, 0.15) is 6.61 Å². The molecule has 1 aromatic heterocycles. The smallest absolute Gasteiger partial charge is 0.410 e. The highest BCUT2D eigenvalue weighted by atomic mass is 32.1. The molecule has 5 nitrogen and oxygen atoms in total. The number of rotatable bonds is 4. The van der Waals surface area contributed by atoms with E-state index in [-0.39, 0.29) is 29.9 Å². The van der Waals surface area contributed by atoms with Crippen LogP contribution in [-0.4, -0.2) is 48.7 Å². The van der Waals surface area contributed by atoms with Crippen LogP contribution < -0.4 is 0 Å². The summed E-state index contributed by atoms with van der Waals surface area (Å²) in [6, 6.07) is 20.4. The molecule has 2 bridgehead atoms. The van der Waals surface area contributed by atoms with Crippen molar-refractivity contribution in [3.8, 4) is 11.1 Å². The molecule has 1 aliphatic carbocycles. The maximum absolute atomic E-state index is 13.3. The maximum Gasteiger partial charge on any atom is 0.410 e. The van der Waals surface area contributed by atoms with Crippen LogP contribution in [0, 0.1) is 0 Å². The lowest BCUT2D eigenvalue weighted by molar-refractivity contribution is -0.0331. The quantitative estimate of drug-likeness (QED) is 0.454. The SMILES string of the molecule is CC(=O)c1ccc(C2=CC3COCC(C2)N3C(=O)OCC2c3ccccc3-c3ccccc32)s1. The number of Topliss-reactive ketones (excluding diaryl/α,β-unsaturated/α-hetero) is 1. The molecule has 2 aromatic carbocycles. The van der Waals surface area contributed by atoms with Crippen LogP contribution in [0.15, 0.2) is 66.7 Å². The Kier molecular flexibility index (Phi) is 5.35. The zero-order valence-electron chi connectivity index (χ0n) is 18.9. The topological polar surface area (TPSA) is 55.8 Å². The second-order valence-electron chi connectivity index (χ2n) is 9.09. The van der Waals surface area contributed by atoms with Gasteiger partial charge in [0.25, 0.3) is 0 Å². The molecule has 6 rings (SSSR count). The average Bonchev–Trinajstić information content (AvgIpc) is 3.46. The van der Waals surface area contributed by atoms with Gasteiger partial charge in [-0.1, -0.05) is 54.6 Å². The van der Waals surface area contributed by atoms with Gasteiger partial charge in [-0.25, -0.2) is 4.79 Å². The fraction of sp³-hybridized carbons (Fsp3) is 0.286. The van der Waals surface area contributed by atoms with E-state index in [2.05, 4.69) is 42.5 Å². The van der Waals surface area contributed by atoms with Gasteiger partial charge in [-0.3, -0.25) is 9.69 Å². The summed E-state index contributed by atoms with van der Waals surface area (Å²) in [5.74, 6) is 0.121. The number of amides is 1. The Labute approximate surface area is 202 Å². The van der Waals surface area contributed by atoms with Gasteiger partial charge in [0.05, 0.1) is 30.2 Å². The van der Waals surface area contributed by atoms with Crippen molar-refractivity contribution in [3.63, 3.8) is 0 Å². The fourth-order valence-corrected chi connectivity index (χ4v) is 6.37. The number of ether oxygens (including phenoxy) is 2. The Bertz CT molecular complexity index is 1260. The first-order chi connectivity index (χ1) is 16.6. The van der Waals surface area contributed by atoms with Gasteiger partial charge in [-0.15, -0.1) is 11.3 Å². The van der Waals surface area contributed by atoms with E-state index < -0.39 is 0 Å². The molecule has 1 saturated heterocycles. The van der Waals surface area contributed by atoms with Gasteiger partial charge < -0.3 is 9.47 Å². The van der Waals surface area contributed by atoms with Gasteiger partial charge in [-0.05, 0) is 53.3 Å². The van der Waals surface area contributed by atoms with E-state index in [1.165, 1.54) is 39.2 Å². The average molecular weight is 472 g/mol. The lowest BCUT2D eigenvalue weighted by Crippen LogP contribution is -2.56. The van der Waals surface area contributed by atoms with Crippen molar-refractivity contribution < 1.29 is 19.1 Å². The molecular formula is C28H25NO4S. The predicted octanol–water partition coefficient (Wildman–Crippen LogP) is 5.76. The zero-order valence-corrected chi connectivity index (χ0v) is 19.7. The largest absolute Gasteiger partial charge is 0.448 e. The normalized spacial score (nSPS) is 21.0. The summed E-state index contributed by atoms with van der Waals surface area (Å²) in [6.07, 6.45) is 2.51. The number of hydrogen-bond acceptors (Lipinski definition) is 5.